The van der Waals surface area contributed by atoms with Crippen LogP contribution in [0.4, 0.5) is 4.39 Å². The Labute approximate surface area is 183 Å². The topological polar surface area (TPSA) is 46.7 Å². The highest BCUT2D eigenvalue weighted by Crippen LogP contribution is 2.21. The van der Waals surface area contributed by atoms with Crippen molar-refractivity contribution in [1.29, 1.82) is 0 Å². The van der Waals surface area contributed by atoms with Gasteiger partial charge in [0, 0.05) is 50.3 Å². The number of H-pyrrole nitrogens is 1. The van der Waals surface area contributed by atoms with E-state index < -0.39 is 0 Å². The van der Waals surface area contributed by atoms with E-state index in [-0.39, 0.29) is 29.8 Å². The van der Waals surface area contributed by atoms with Crippen LogP contribution in [0.15, 0.2) is 29.4 Å². The summed E-state index contributed by atoms with van der Waals surface area (Å²) in [5, 5.41) is 4.47. The summed E-state index contributed by atoms with van der Waals surface area (Å²) in [6.07, 6.45) is 6.79. The zero-order valence-corrected chi connectivity index (χ0v) is 18.9. The summed E-state index contributed by atoms with van der Waals surface area (Å²) < 4.78 is 13.5. The standard InChI is InChI=1S/C21H30FN5.HI/c1-23-21(27-11-7-16(15-27)14-26-9-2-3-10-26)24-8-6-17-13-25-20-5-4-18(22)12-19(17)20;/h4-5,12-13,16,25H,2-3,6-11,14-15H2,1H3,(H,23,24);1H. The van der Waals surface area contributed by atoms with Gasteiger partial charge < -0.3 is 20.1 Å². The van der Waals surface area contributed by atoms with Gasteiger partial charge in [0.05, 0.1) is 0 Å². The highest BCUT2D eigenvalue weighted by Gasteiger charge is 2.27. The van der Waals surface area contributed by atoms with Crippen molar-refractivity contribution in [2.75, 3.05) is 46.3 Å². The molecule has 7 heteroatoms. The van der Waals surface area contributed by atoms with E-state index in [0.717, 1.165) is 54.4 Å². The van der Waals surface area contributed by atoms with Gasteiger partial charge in [0.25, 0.3) is 0 Å². The minimum atomic E-state index is -0.187. The molecule has 0 amide bonds. The second-order valence-corrected chi connectivity index (χ2v) is 7.84. The minimum Gasteiger partial charge on any atom is -0.361 e. The molecular weight excluding hydrogens is 468 g/mol. The second kappa shape index (κ2) is 9.91. The molecule has 2 aliphatic rings. The lowest BCUT2D eigenvalue weighted by molar-refractivity contribution is 0.281. The summed E-state index contributed by atoms with van der Waals surface area (Å²) in [5.41, 5.74) is 2.13. The van der Waals surface area contributed by atoms with Gasteiger partial charge in [-0.1, -0.05) is 0 Å². The normalized spacial score (nSPS) is 20.7. The maximum absolute atomic E-state index is 13.5. The monoisotopic (exact) mass is 499 g/mol. The Balaban J connectivity index is 0.00000225. The van der Waals surface area contributed by atoms with Gasteiger partial charge in [-0.25, -0.2) is 4.39 Å². The smallest absolute Gasteiger partial charge is 0.193 e. The van der Waals surface area contributed by atoms with Crippen LogP contribution in [0.25, 0.3) is 10.9 Å². The third-order valence-electron chi connectivity index (χ3n) is 5.92. The number of nitrogens with zero attached hydrogens (tertiary/aromatic N) is 3. The quantitative estimate of drug-likeness (QED) is 0.377. The third-order valence-corrected chi connectivity index (χ3v) is 5.92. The molecule has 5 nitrogen and oxygen atoms in total. The number of benzene rings is 1. The Morgan fingerprint density at radius 2 is 2.11 bits per heavy atom. The van der Waals surface area contributed by atoms with Crippen LogP contribution in [-0.2, 0) is 6.42 Å². The number of guanidine groups is 1. The van der Waals surface area contributed by atoms with E-state index in [4.69, 9.17) is 0 Å². The fourth-order valence-corrected chi connectivity index (χ4v) is 4.50. The van der Waals surface area contributed by atoms with E-state index in [9.17, 15) is 4.39 Å². The van der Waals surface area contributed by atoms with Crippen molar-refractivity contribution in [3.63, 3.8) is 0 Å². The summed E-state index contributed by atoms with van der Waals surface area (Å²) in [5.74, 6) is 1.55. The van der Waals surface area contributed by atoms with E-state index in [0.29, 0.717) is 0 Å². The number of fused-ring (bicyclic) bond motifs is 1. The van der Waals surface area contributed by atoms with Gasteiger partial charge in [-0.15, -0.1) is 24.0 Å². The second-order valence-electron chi connectivity index (χ2n) is 7.84. The molecule has 0 radical (unpaired) electrons. The fourth-order valence-electron chi connectivity index (χ4n) is 4.50. The SMILES string of the molecule is CN=C(NCCc1c[nH]c2ccc(F)cc12)N1CCC(CN2CCCC2)C1.I. The first kappa shape index (κ1) is 21.4. The van der Waals surface area contributed by atoms with E-state index in [1.54, 1.807) is 12.1 Å². The van der Waals surface area contributed by atoms with Crippen LogP contribution >= 0.6 is 24.0 Å². The molecule has 1 aromatic heterocycles. The van der Waals surface area contributed by atoms with Gasteiger partial charge in [-0.05, 0) is 68.5 Å². The van der Waals surface area contributed by atoms with Crippen LogP contribution in [0.5, 0.6) is 0 Å². The zero-order chi connectivity index (χ0) is 18.6. The summed E-state index contributed by atoms with van der Waals surface area (Å²) in [6, 6.07) is 4.90. The molecule has 2 N–H and O–H groups in total. The van der Waals surface area contributed by atoms with Crippen molar-refractivity contribution < 1.29 is 4.39 Å². The molecular formula is C21H31FIN5. The largest absolute Gasteiger partial charge is 0.361 e. The minimum absolute atomic E-state index is 0. The fraction of sp³-hybridized carbons (Fsp3) is 0.571. The molecule has 4 rings (SSSR count). The Morgan fingerprint density at radius 3 is 2.89 bits per heavy atom. The van der Waals surface area contributed by atoms with Gasteiger partial charge >= 0.3 is 0 Å². The van der Waals surface area contributed by atoms with Crippen molar-refractivity contribution in [3.05, 3.63) is 35.8 Å². The molecule has 1 aromatic carbocycles. The number of rotatable bonds is 5. The van der Waals surface area contributed by atoms with Gasteiger partial charge in [-0.2, -0.15) is 0 Å². The maximum Gasteiger partial charge on any atom is 0.193 e. The van der Waals surface area contributed by atoms with Crippen LogP contribution in [0, 0.1) is 11.7 Å². The van der Waals surface area contributed by atoms with E-state index in [1.165, 1.54) is 45.0 Å². The van der Waals surface area contributed by atoms with Gasteiger partial charge in [0.1, 0.15) is 5.82 Å². The number of likely N-dealkylation sites (tertiary alicyclic amines) is 2. The molecule has 1 atom stereocenters. The molecule has 0 bridgehead atoms. The Bertz CT molecular complexity index is 799. The summed E-state index contributed by atoms with van der Waals surface area (Å²) >= 11 is 0. The molecule has 2 aromatic rings. The maximum atomic E-state index is 13.5. The molecule has 1 unspecified atom stereocenters. The van der Waals surface area contributed by atoms with Crippen molar-refractivity contribution in [2.45, 2.75) is 25.7 Å². The van der Waals surface area contributed by atoms with Crippen LogP contribution in [0.1, 0.15) is 24.8 Å². The van der Waals surface area contributed by atoms with Crippen molar-refractivity contribution >= 4 is 40.8 Å². The molecule has 2 aliphatic heterocycles. The van der Waals surface area contributed by atoms with Gasteiger partial charge in [0.2, 0.25) is 0 Å². The number of nitrogens with one attached hydrogen (secondary N) is 2. The number of hydrogen-bond acceptors (Lipinski definition) is 2. The average Bonchev–Trinajstić information content (AvgIpc) is 3.41. The number of aliphatic imine (C=N–C) groups is 1. The zero-order valence-electron chi connectivity index (χ0n) is 16.6. The molecule has 0 aliphatic carbocycles. The van der Waals surface area contributed by atoms with Crippen molar-refractivity contribution in [2.24, 2.45) is 10.9 Å². The van der Waals surface area contributed by atoms with E-state index in [1.807, 2.05) is 13.2 Å². The van der Waals surface area contributed by atoms with Crippen LogP contribution in [0.2, 0.25) is 0 Å². The van der Waals surface area contributed by atoms with Crippen LogP contribution in [0.3, 0.4) is 0 Å². The molecule has 154 valence electrons. The number of hydrogen-bond donors (Lipinski definition) is 2. The van der Waals surface area contributed by atoms with Crippen molar-refractivity contribution in [3.8, 4) is 0 Å². The third kappa shape index (κ3) is 4.97. The molecule has 3 heterocycles. The number of halogens is 2. The van der Waals surface area contributed by atoms with E-state index >= 15 is 0 Å². The average molecular weight is 499 g/mol. The Hall–Kier alpha value is -1.35. The van der Waals surface area contributed by atoms with Crippen LogP contribution < -0.4 is 5.32 Å². The Morgan fingerprint density at radius 1 is 1.29 bits per heavy atom. The number of aromatic nitrogens is 1. The lowest BCUT2D eigenvalue weighted by Crippen LogP contribution is -2.41. The first-order valence-corrected chi connectivity index (χ1v) is 10.2. The van der Waals surface area contributed by atoms with Gasteiger partial charge in [-0.3, -0.25) is 4.99 Å². The molecule has 2 saturated heterocycles. The highest BCUT2D eigenvalue weighted by molar-refractivity contribution is 14.0. The molecule has 2 fully saturated rings. The number of aromatic amines is 1. The predicted octanol–water partition coefficient (Wildman–Crippen LogP) is 3.46. The first-order chi connectivity index (χ1) is 13.2. The summed E-state index contributed by atoms with van der Waals surface area (Å²) in [7, 11) is 1.86. The summed E-state index contributed by atoms with van der Waals surface area (Å²) in [6.45, 7) is 6.74. The molecule has 0 saturated carbocycles. The van der Waals surface area contributed by atoms with Crippen LogP contribution in [-0.4, -0.2) is 67.1 Å². The lowest BCUT2D eigenvalue weighted by atomic mass is 10.1. The highest BCUT2D eigenvalue weighted by atomic mass is 127. The summed E-state index contributed by atoms with van der Waals surface area (Å²) in [4.78, 5) is 12.7. The molecule has 0 spiro atoms. The lowest BCUT2D eigenvalue weighted by Gasteiger charge is -2.23. The van der Waals surface area contributed by atoms with E-state index in [2.05, 4.69) is 25.1 Å². The molecule has 28 heavy (non-hydrogen) atoms. The van der Waals surface area contributed by atoms with Gasteiger partial charge in [0.15, 0.2) is 5.96 Å². The first-order valence-electron chi connectivity index (χ1n) is 10.2. The Kier molecular flexibility index (Phi) is 7.56. The predicted molar refractivity (Wildman–Crippen MR) is 124 cm³/mol. The van der Waals surface area contributed by atoms with Crippen molar-refractivity contribution in [1.82, 2.24) is 20.1 Å².